The molecule has 3 nitrogen and oxygen atoms in total. The van der Waals surface area contributed by atoms with E-state index >= 15 is 0 Å². The summed E-state index contributed by atoms with van der Waals surface area (Å²) in [6.07, 6.45) is -8.78. The number of carbonyl (C=O) groups is 1. The van der Waals surface area contributed by atoms with Crippen LogP contribution < -0.4 is 0 Å². The van der Waals surface area contributed by atoms with Gasteiger partial charge >= 0.3 is 12.1 Å². The van der Waals surface area contributed by atoms with Crippen LogP contribution in [0.2, 0.25) is 0 Å². The maximum Gasteiger partial charge on any atom is 0.430 e. The van der Waals surface area contributed by atoms with Crippen LogP contribution in [0.5, 0.6) is 0 Å². The van der Waals surface area contributed by atoms with Crippen LogP contribution in [0.25, 0.3) is 0 Å². The predicted molar refractivity (Wildman–Crippen MR) is 33.8 cm³/mol. The molecule has 78 valence electrons. The highest BCUT2D eigenvalue weighted by atomic mass is 19.4. The fraction of sp³-hybridized carbons (Fsp3) is 0.833. The molecular weight excluding hydrogens is 196 g/mol. The summed E-state index contributed by atoms with van der Waals surface area (Å²) in [7, 11) is 1.27. The fourth-order valence-corrected chi connectivity index (χ4v) is 0.432. The van der Waals surface area contributed by atoms with Crippen molar-refractivity contribution in [2.24, 2.45) is 0 Å². The largest absolute Gasteiger partial charge is 0.461 e. The van der Waals surface area contributed by atoms with Crippen LogP contribution in [-0.2, 0) is 14.3 Å². The highest BCUT2D eigenvalue weighted by molar-refractivity contribution is 5.75. The Hall–Kier alpha value is -0.850. The molecule has 0 fully saturated rings. The van der Waals surface area contributed by atoms with E-state index in [-0.39, 0.29) is 6.61 Å². The minimum Gasteiger partial charge on any atom is -0.461 e. The number of esters is 1. The van der Waals surface area contributed by atoms with Crippen LogP contribution in [0, 0.1) is 0 Å². The Balaban J connectivity index is 3.84. The summed E-state index contributed by atoms with van der Waals surface area (Å²) in [4.78, 5) is 10.3. The predicted octanol–water partition coefficient (Wildman–Crippen LogP) is 1.08. The van der Waals surface area contributed by atoms with E-state index in [1.807, 2.05) is 0 Å². The molecule has 0 bridgehead atoms. The van der Waals surface area contributed by atoms with E-state index in [9.17, 15) is 22.4 Å². The van der Waals surface area contributed by atoms with E-state index in [2.05, 4.69) is 9.47 Å². The first kappa shape index (κ1) is 12.2. The van der Waals surface area contributed by atoms with Gasteiger partial charge in [-0.15, -0.1) is 0 Å². The van der Waals surface area contributed by atoms with E-state index in [0.717, 1.165) is 0 Å². The molecule has 0 amide bonds. The fourth-order valence-electron chi connectivity index (χ4n) is 0.432. The van der Waals surface area contributed by atoms with Gasteiger partial charge in [0.05, 0.1) is 6.61 Å². The summed E-state index contributed by atoms with van der Waals surface area (Å²) in [6.45, 7) is -0.470. The van der Waals surface area contributed by atoms with Crippen molar-refractivity contribution < 1.29 is 31.8 Å². The van der Waals surface area contributed by atoms with Gasteiger partial charge in [0, 0.05) is 7.11 Å². The van der Waals surface area contributed by atoms with Gasteiger partial charge in [0.25, 0.3) is 6.17 Å². The van der Waals surface area contributed by atoms with Gasteiger partial charge in [0.2, 0.25) is 0 Å². The van der Waals surface area contributed by atoms with E-state index < -0.39 is 24.9 Å². The van der Waals surface area contributed by atoms with Crippen LogP contribution in [0.4, 0.5) is 17.6 Å². The van der Waals surface area contributed by atoms with Gasteiger partial charge < -0.3 is 9.47 Å². The average Bonchev–Trinajstić information content (AvgIpc) is 2.01. The van der Waals surface area contributed by atoms with E-state index in [4.69, 9.17) is 0 Å². The number of alkyl halides is 4. The zero-order valence-electron chi connectivity index (χ0n) is 6.73. The molecule has 0 saturated heterocycles. The number of hydrogen-bond acceptors (Lipinski definition) is 3. The van der Waals surface area contributed by atoms with Crippen molar-refractivity contribution in [3.63, 3.8) is 0 Å². The van der Waals surface area contributed by atoms with Gasteiger partial charge in [-0.3, -0.25) is 0 Å². The first-order chi connectivity index (χ1) is 5.89. The van der Waals surface area contributed by atoms with Crippen LogP contribution in [-0.4, -0.2) is 38.6 Å². The summed E-state index contributed by atoms with van der Waals surface area (Å²) >= 11 is 0. The first-order valence-electron chi connectivity index (χ1n) is 3.26. The third-order valence-corrected chi connectivity index (χ3v) is 1.03. The molecule has 0 aromatic rings. The van der Waals surface area contributed by atoms with Gasteiger partial charge in [-0.25, -0.2) is 9.18 Å². The Morgan fingerprint density at radius 3 is 2.31 bits per heavy atom. The highest BCUT2D eigenvalue weighted by Gasteiger charge is 2.46. The lowest BCUT2D eigenvalue weighted by Gasteiger charge is -2.11. The molecule has 7 heteroatoms. The second kappa shape index (κ2) is 5.00. The van der Waals surface area contributed by atoms with Crippen LogP contribution in [0.1, 0.15) is 0 Å². The molecule has 0 heterocycles. The number of hydrogen-bond donors (Lipinski definition) is 0. The van der Waals surface area contributed by atoms with Crippen molar-refractivity contribution >= 4 is 5.97 Å². The van der Waals surface area contributed by atoms with Gasteiger partial charge in [-0.2, -0.15) is 13.2 Å². The van der Waals surface area contributed by atoms with Crippen molar-refractivity contribution in [1.82, 2.24) is 0 Å². The molecule has 1 unspecified atom stereocenters. The molecular formula is C6H8F4O3. The first-order valence-corrected chi connectivity index (χ1v) is 3.26. The topological polar surface area (TPSA) is 35.5 Å². The Bertz CT molecular complexity index is 168. The summed E-state index contributed by atoms with van der Waals surface area (Å²) in [5.41, 5.74) is 0. The Morgan fingerprint density at radius 1 is 1.38 bits per heavy atom. The molecule has 0 aliphatic rings. The van der Waals surface area contributed by atoms with Gasteiger partial charge in [-0.1, -0.05) is 0 Å². The third-order valence-electron chi connectivity index (χ3n) is 1.03. The molecule has 0 N–H and O–H groups in total. The van der Waals surface area contributed by atoms with Gasteiger partial charge in [0.1, 0.15) is 6.61 Å². The Kier molecular flexibility index (Phi) is 4.68. The van der Waals surface area contributed by atoms with E-state index in [1.54, 1.807) is 0 Å². The summed E-state index contributed by atoms with van der Waals surface area (Å²) < 4.78 is 54.9. The second-order valence-electron chi connectivity index (χ2n) is 2.06. The standard InChI is InChI=1S/C6H8F4O3/c1-12-2-3-13-5(11)4(7)6(8,9)10/h4H,2-3H2,1H3. The molecule has 0 aliphatic heterocycles. The van der Waals surface area contributed by atoms with Gasteiger partial charge in [0.15, 0.2) is 0 Å². The second-order valence-corrected chi connectivity index (χ2v) is 2.06. The summed E-state index contributed by atoms with van der Waals surface area (Å²) in [6, 6.07) is 0. The van der Waals surface area contributed by atoms with Crippen molar-refractivity contribution in [1.29, 1.82) is 0 Å². The molecule has 13 heavy (non-hydrogen) atoms. The summed E-state index contributed by atoms with van der Waals surface area (Å²) in [5, 5.41) is 0. The van der Waals surface area contributed by atoms with Crippen LogP contribution in [0.15, 0.2) is 0 Å². The highest BCUT2D eigenvalue weighted by Crippen LogP contribution is 2.23. The average molecular weight is 204 g/mol. The van der Waals surface area contributed by atoms with Crippen LogP contribution in [0.3, 0.4) is 0 Å². The minimum absolute atomic E-state index is 0.0731. The number of ether oxygens (including phenoxy) is 2. The molecule has 0 aliphatic carbocycles. The molecule has 0 saturated carbocycles. The zero-order valence-corrected chi connectivity index (χ0v) is 6.73. The quantitative estimate of drug-likeness (QED) is 0.390. The lowest BCUT2D eigenvalue weighted by Crippen LogP contribution is -2.34. The Morgan fingerprint density at radius 2 is 1.92 bits per heavy atom. The summed E-state index contributed by atoms with van der Waals surface area (Å²) in [5.74, 6) is -1.94. The normalized spacial score (nSPS) is 13.9. The molecule has 0 rings (SSSR count). The maximum absolute atomic E-state index is 12.1. The lowest BCUT2D eigenvalue weighted by atomic mass is 10.4. The molecule has 1 atom stereocenters. The van der Waals surface area contributed by atoms with Crippen LogP contribution >= 0.6 is 0 Å². The van der Waals surface area contributed by atoms with E-state index in [0.29, 0.717) is 0 Å². The molecule has 0 radical (unpaired) electrons. The minimum atomic E-state index is -5.20. The number of carbonyl (C=O) groups excluding carboxylic acids is 1. The molecule has 0 aromatic heterocycles. The zero-order chi connectivity index (χ0) is 10.5. The number of rotatable bonds is 4. The third kappa shape index (κ3) is 4.66. The number of methoxy groups -OCH3 is 1. The maximum atomic E-state index is 12.1. The van der Waals surface area contributed by atoms with Crippen molar-refractivity contribution in [3.05, 3.63) is 0 Å². The van der Waals surface area contributed by atoms with Gasteiger partial charge in [-0.05, 0) is 0 Å². The molecule has 0 spiro atoms. The smallest absolute Gasteiger partial charge is 0.430 e. The number of halogens is 4. The SMILES string of the molecule is COCCOC(=O)C(F)C(F)(F)F. The Labute approximate surface area is 71.6 Å². The molecule has 0 aromatic carbocycles. The van der Waals surface area contributed by atoms with E-state index in [1.165, 1.54) is 7.11 Å². The van der Waals surface area contributed by atoms with Crippen molar-refractivity contribution in [2.45, 2.75) is 12.3 Å². The van der Waals surface area contributed by atoms with Crippen molar-refractivity contribution in [3.8, 4) is 0 Å². The monoisotopic (exact) mass is 204 g/mol. The van der Waals surface area contributed by atoms with Crippen molar-refractivity contribution in [2.75, 3.05) is 20.3 Å². The lowest BCUT2D eigenvalue weighted by molar-refractivity contribution is -0.201.